The van der Waals surface area contributed by atoms with E-state index in [1.807, 2.05) is 18.4 Å². The fourth-order valence-corrected chi connectivity index (χ4v) is 6.80. The minimum atomic E-state index is -0.327. The third-order valence-electron chi connectivity index (χ3n) is 5.07. The summed E-state index contributed by atoms with van der Waals surface area (Å²) < 4.78 is 0. The van der Waals surface area contributed by atoms with Gasteiger partial charge < -0.3 is 5.32 Å². The number of thiazole rings is 1. The van der Waals surface area contributed by atoms with Crippen LogP contribution in [0.15, 0.2) is 34.9 Å². The van der Waals surface area contributed by atoms with Crippen molar-refractivity contribution < 1.29 is 4.79 Å². The van der Waals surface area contributed by atoms with Gasteiger partial charge in [0.25, 0.3) is 0 Å². The molecule has 0 fully saturated rings. The Morgan fingerprint density at radius 3 is 2.94 bits per heavy atom. The van der Waals surface area contributed by atoms with Gasteiger partial charge in [0, 0.05) is 21.2 Å². The number of thiophene rings is 1. The Balaban J connectivity index is 1.31. The van der Waals surface area contributed by atoms with Crippen molar-refractivity contribution in [3.05, 3.63) is 50.4 Å². The fraction of sp³-hybridized carbons (Fsp3) is 0.238. The fourth-order valence-electron chi connectivity index (χ4n) is 3.54. The van der Waals surface area contributed by atoms with E-state index in [-0.39, 0.29) is 11.2 Å². The second-order valence-electron chi connectivity index (χ2n) is 7.13. The van der Waals surface area contributed by atoms with Crippen LogP contribution in [0.4, 0.5) is 5.13 Å². The average molecular weight is 507 g/mol. The number of fused-ring (bicyclic) bond motifs is 3. The highest BCUT2D eigenvalue weighted by atomic mass is 35.5. The zero-order valence-corrected chi connectivity index (χ0v) is 20.3. The zero-order valence-electron chi connectivity index (χ0n) is 16.3. The summed E-state index contributed by atoms with van der Waals surface area (Å²) in [5.74, 6) is -0.112. The van der Waals surface area contributed by atoms with E-state index < -0.39 is 0 Å². The van der Waals surface area contributed by atoms with E-state index in [1.165, 1.54) is 40.0 Å². The highest BCUT2D eigenvalue weighted by molar-refractivity contribution is 8.00. The third-order valence-corrected chi connectivity index (χ3v) is 8.87. The molecule has 0 saturated carbocycles. The second kappa shape index (κ2) is 8.67. The van der Waals surface area contributed by atoms with Crippen LogP contribution in [0, 0.1) is 0 Å². The van der Waals surface area contributed by atoms with Crippen LogP contribution in [0.1, 0.15) is 23.8 Å². The van der Waals surface area contributed by atoms with Crippen molar-refractivity contribution in [1.29, 1.82) is 0 Å². The number of carbonyl (C=O) groups is 1. The maximum Gasteiger partial charge on any atom is 0.239 e. The first-order valence-corrected chi connectivity index (χ1v) is 13.0. The van der Waals surface area contributed by atoms with Crippen LogP contribution >= 0.6 is 57.6 Å². The van der Waals surface area contributed by atoms with Gasteiger partial charge in [-0.1, -0.05) is 41.0 Å². The van der Waals surface area contributed by atoms with Gasteiger partial charge in [0.2, 0.25) is 5.91 Å². The van der Waals surface area contributed by atoms with Crippen LogP contribution < -0.4 is 5.32 Å². The Bertz CT molecular complexity index is 1300. The monoisotopic (exact) mass is 506 g/mol. The highest BCUT2D eigenvalue weighted by Gasteiger charge is 2.24. The van der Waals surface area contributed by atoms with E-state index in [0.29, 0.717) is 15.2 Å². The lowest BCUT2D eigenvalue weighted by atomic mass is 10.2. The van der Waals surface area contributed by atoms with Gasteiger partial charge >= 0.3 is 0 Å². The summed E-state index contributed by atoms with van der Waals surface area (Å²) in [6, 6.07) is 5.36. The lowest BCUT2D eigenvalue weighted by Gasteiger charge is -2.11. The molecule has 10 heteroatoms. The molecular formula is C21H16Cl2N4OS3. The predicted octanol–water partition coefficient (Wildman–Crippen LogP) is 6.73. The Labute approximate surface area is 201 Å². The number of carbonyl (C=O) groups excluding carboxylic acids is 1. The molecule has 3 aromatic heterocycles. The Morgan fingerprint density at radius 2 is 2.10 bits per heavy atom. The Kier molecular flexibility index (Phi) is 5.92. The van der Waals surface area contributed by atoms with Gasteiger partial charge in [-0.25, -0.2) is 15.0 Å². The van der Waals surface area contributed by atoms with Crippen LogP contribution in [-0.4, -0.2) is 26.1 Å². The predicted molar refractivity (Wildman–Crippen MR) is 131 cm³/mol. The molecule has 1 amide bonds. The normalized spacial score (nSPS) is 14.0. The number of nitrogens with zero attached hydrogens (tertiary/aromatic N) is 3. The first kappa shape index (κ1) is 21.2. The molecule has 1 aliphatic rings. The van der Waals surface area contributed by atoms with Crippen molar-refractivity contribution in [1.82, 2.24) is 15.0 Å². The van der Waals surface area contributed by atoms with Crippen molar-refractivity contribution in [3.8, 4) is 11.3 Å². The van der Waals surface area contributed by atoms with Crippen molar-refractivity contribution in [2.45, 2.75) is 36.5 Å². The van der Waals surface area contributed by atoms with Crippen LogP contribution in [0.3, 0.4) is 0 Å². The molecule has 158 valence electrons. The molecule has 0 unspecified atom stereocenters. The van der Waals surface area contributed by atoms with Gasteiger partial charge in [-0.2, -0.15) is 0 Å². The zero-order chi connectivity index (χ0) is 21.5. The van der Waals surface area contributed by atoms with Gasteiger partial charge in [0.05, 0.1) is 21.0 Å². The summed E-state index contributed by atoms with van der Waals surface area (Å²) >= 11 is 16.7. The molecule has 0 saturated heterocycles. The minimum Gasteiger partial charge on any atom is -0.301 e. The number of amides is 1. The van der Waals surface area contributed by atoms with E-state index in [0.717, 1.165) is 39.3 Å². The third kappa shape index (κ3) is 4.19. The first-order valence-electron chi connectivity index (χ1n) is 9.63. The second-order valence-corrected chi connectivity index (χ2v) is 11.2. The number of hydrogen-bond acceptors (Lipinski definition) is 7. The molecule has 3 heterocycles. The molecule has 1 aromatic carbocycles. The molecule has 0 spiro atoms. The maximum atomic E-state index is 12.8. The van der Waals surface area contributed by atoms with Crippen molar-refractivity contribution >= 4 is 78.9 Å². The number of halogens is 2. The molecule has 0 bridgehead atoms. The van der Waals surface area contributed by atoms with Crippen LogP contribution in [0.25, 0.3) is 21.5 Å². The van der Waals surface area contributed by atoms with Crippen LogP contribution in [0.2, 0.25) is 10.0 Å². The van der Waals surface area contributed by atoms with Gasteiger partial charge in [-0.3, -0.25) is 4.79 Å². The number of thioether (sulfide) groups is 1. The van der Waals surface area contributed by atoms with Gasteiger partial charge in [0.15, 0.2) is 5.13 Å². The summed E-state index contributed by atoms with van der Waals surface area (Å²) in [7, 11) is 0. The molecule has 1 N–H and O–H groups in total. The number of anilines is 1. The lowest BCUT2D eigenvalue weighted by Crippen LogP contribution is -2.22. The van der Waals surface area contributed by atoms with E-state index in [4.69, 9.17) is 23.2 Å². The smallest absolute Gasteiger partial charge is 0.239 e. The number of hydrogen-bond donors (Lipinski definition) is 1. The van der Waals surface area contributed by atoms with Crippen LogP contribution in [-0.2, 0) is 17.6 Å². The van der Waals surface area contributed by atoms with Crippen molar-refractivity contribution in [2.75, 3.05) is 5.32 Å². The molecule has 0 radical (unpaired) electrons. The van der Waals surface area contributed by atoms with E-state index in [9.17, 15) is 4.79 Å². The molecule has 4 aromatic rings. The maximum absolute atomic E-state index is 12.8. The molecule has 1 atom stereocenters. The largest absolute Gasteiger partial charge is 0.301 e. The topological polar surface area (TPSA) is 67.8 Å². The van der Waals surface area contributed by atoms with Crippen molar-refractivity contribution in [3.63, 3.8) is 0 Å². The van der Waals surface area contributed by atoms with Gasteiger partial charge in [-0.05, 0) is 43.9 Å². The summed E-state index contributed by atoms with van der Waals surface area (Å²) in [4.78, 5) is 28.7. The van der Waals surface area contributed by atoms with Crippen LogP contribution in [0.5, 0.6) is 0 Å². The molecule has 5 nitrogen and oxygen atoms in total. The average Bonchev–Trinajstić information content (AvgIpc) is 3.46. The lowest BCUT2D eigenvalue weighted by molar-refractivity contribution is -0.115. The summed E-state index contributed by atoms with van der Waals surface area (Å²) in [6.07, 6.45) is 4.94. The van der Waals surface area contributed by atoms with E-state index in [1.54, 1.807) is 29.8 Å². The van der Waals surface area contributed by atoms with E-state index in [2.05, 4.69) is 20.3 Å². The van der Waals surface area contributed by atoms with Gasteiger partial charge in [-0.15, -0.1) is 22.7 Å². The first-order chi connectivity index (χ1) is 15.0. The molecule has 31 heavy (non-hydrogen) atoms. The number of nitrogens with one attached hydrogen (secondary N) is 1. The quantitative estimate of drug-likeness (QED) is 0.240. The summed E-state index contributed by atoms with van der Waals surface area (Å²) in [5.41, 5.74) is 2.95. The van der Waals surface area contributed by atoms with Gasteiger partial charge in [0.1, 0.15) is 16.2 Å². The standard InChI is InChI=1S/C21H16Cl2N4OS3/c1-10(30-19-17-12-3-2-4-16(12)31-20(17)25-9-24-19)18(28)27-21-26-15(8-29-21)11-5-6-13(22)14(23)7-11/h5-10H,2-4H2,1H3,(H,26,27,28)/t10-/m1/s1. The SMILES string of the molecule is C[C@@H](Sc1ncnc2sc3c(c12)CCC3)C(=O)Nc1nc(-c2ccc(Cl)c(Cl)c2)cs1. The molecular weight excluding hydrogens is 491 g/mol. The molecule has 5 rings (SSSR count). The van der Waals surface area contributed by atoms with Crippen molar-refractivity contribution in [2.24, 2.45) is 0 Å². The number of aromatic nitrogens is 3. The Morgan fingerprint density at radius 1 is 1.23 bits per heavy atom. The minimum absolute atomic E-state index is 0.112. The summed E-state index contributed by atoms with van der Waals surface area (Å²) in [6.45, 7) is 1.88. The Hall–Kier alpha value is -1.71. The van der Waals surface area contributed by atoms with E-state index >= 15 is 0 Å². The molecule has 0 aliphatic heterocycles. The number of rotatable bonds is 5. The summed E-state index contributed by atoms with van der Waals surface area (Å²) in [5, 5.41) is 7.99. The number of aryl methyl sites for hydroxylation is 2. The highest BCUT2D eigenvalue weighted by Crippen LogP contribution is 2.41. The molecule has 1 aliphatic carbocycles. The number of benzene rings is 1.